The Labute approximate surface area is 239 Å². The van der Waals surface area contributed by atoms with Gasteiger partial charge in [-0.25, -0.2) is 27.2 Å². The number of hydrogen-bond acceptors (Lipinski definition) is 7. The number of halogens is 2. The molecule has 0 aliphatic heterocycles. The monoisotopic (exact) mass is 593 g/mol. The molecule has 10 nitrogen and oxygen atoms in total. The highest BCUT2D eigenvalue weighted by Gasteiger charge is 2.22. The average molecular weight is 594 g/mol. The number of H-pyrrole nitrogens is 1. The highest BCUT2D eigenvalue weighted by Crippen LogP contribution is 2.31. The molecule has 0 radical (unpaired) electrons. The summed E-state index contributed by atoms with van der Waals surface area (Å²) in [6, 6.07) is 17.6. The van der Waals surface area contributed by atoms with E-state index in [1.807, 2.05) is 18.2 Å². The summed E-state index contributed by atoms with van der Waals surface area (Å²) in [5, 5.41) is 2.89. The first-order chi connectivity index (χ1) is 20.0. The maximum Gasteiger partial charge on any atom is 0.264 e. The van der Waals surface area contributed by atoms with Gasteiger partial charge in [-0.2, -0.15) is 0 Å². The number of amides is 1. The molecule has 3 N–H and O–H groups in total. The fraction of sp³-hybridized carbons (Fsp3) is 0.103. The number of pyridine rings is 1. The van der Waals surface area contributed by atoms with Crippen LogP contribution < -0.4 is 20.3 Å². The normalized spacial score (nSPS) is 10.9. The Hall–Kier alpha value is -5.17. The van der Waals surface area contributed by atoms with Gasteiger partial charge in [0, 0.05) is 30.4 Å². The summed E-state index contributed by atoms with van der Waals surface area (Å²) in [7, 11) is -1.50. The zero-order chi connectivity index (χ0) is 30.4. The molecule has 0 saturated carbocycles. The van der Waals surface area contributed by atoms with E-state index >= 15 is 0 Å². The fourth-order valence-electron chi connectivity index (χ4n) is 3.91. The third kappa shape index (κ3) is 6.75. The van der Waals surface area contributed by atoms with Gasteiger partial charge in [0.05, 0.1) is 18.0 Å². The van der Waals surface area contributed by atoms with Crippen LogP contribution in [0, 0.1) is 18.6 Å². The summed E-state index contributed by atoms with van der Waals surface area (Å²) >= 11 is 0. The molecule has 13 heteroatoms. The molecule has 5 aromatic rings. The van der Waals surface area contributed by atoms with Crippen molar-refractivity contribution in [1.82, 2.24) is 20.3 Å². The minimum absolute atomic E-state index is 0.0411. The molecule has 0 aliphatic carbocycles. The van der Waals surface area contributed by atoms with Crippen LogP contribution in [0.2, 0.25) is 0 Å². The molecule has 1 amide bonds. The molecule has 42 heavy (non-hydrogen) atoms. The molecule has 216 valence electrons. The number of aromatic amines is 1. The van der Waals surface area contributed by atoms with Crippen molar-refractivity contribution in [2.24, 2.45) is 0 Å². The number of fused-ring (bicyclic) bond motifs is 1. The smallest absolute Gasteiger partial charge is 0.264 e. The number of aryl methyl sites for hydroxylation is 1. The van der Waals surface area contributed by atoms with E-state index in [0.717, 1.165) is 12.1 Å². The van der Waals surface area contributed by atoms with Gasteiger partial charge in [-0.1, -0.05) is 24.3 Å². The number of carbonyl (C=O) groups is 1. The van der Waals surface area contributed by atoms with E-state index < -0.39 is 26.6 Å². The number of carbonyl (C=O) groups excluding carboxylic acids is 1. The second-order valence-corrected chi connectivity index (χ2v) is 10.4. The van der Waals surface area contributed by atoms with Gasteiger partial charge in [0.15, 0.2) is 0 Å². The largest absolute Gasteiger partial charge is 0.480 e. The Morgan fingerprint density at radius 2 is 1.71 bits per heavy atom. The molecule has 0 atom stereocenters. The molecule has 0 aliphatic rings. The van der Waals surface area contributed by atoms with Gasteiger partial charge in [0.25, 0.3) is 21.5 Å². The summed E-state index contributed by atoms with van der Waals surface area (Å²) in [4.78, 5) is 33.4. The third-order valence-corrected chi connectivity index (χ3v) is 7.29. The van der Waals surface area contributed by atoms with Crippen molar-refractivity contribution in [3.05, 3.63) is 112 Å². The van der Waals surface area contributed by atoms with E-state index in [4.69, 9.17) is 4.74 Å². The first kappa shape index (κ1) is 29.8. The first-order valence-corrected chi connectivity index (χ1v) is 13.8. The fourth-order valence-corrected chi connectivity index (χ4v) is 5.02. The van der Waals surface area contributed by atoms with Crippen molar-refractivity contribution in [3.63, 3.8) is 0 Å². The second kappa shape index (κ2) is 12.6. The van der Waals surface area contributed by atoms with Crippen LogP contribution in [0.15, 0.2) is 88.7 Å². The van der Waals surface area contributed by atoms with Gasteiger partial charge < -0.3 is 15.0 Å². The lowest BCUT2D eigenvalue weighted by atomic mass is 10.1. The Morgan fingerprint density at radius 3 is 2.38 bits per heavy atom. The Balaban J connectivity index is 0.000000343. The second-order valence-electron chi connectivity index (χ2n) is 8.79. The van der Waals surface area contributed by atoms with Crippen molar-refractivity contribution in [2.45, 2.75) is 11.8 Å². The summed E-state index contributed by atoms with van der Waals surface area (Å²) in [5.41, 5.74) is 1.85. The lowest BCUT2D eigenvalue weighted by molar-refractivity contribution is 0.0963. The maximum absolute atomic E-state index is 14.0. The van der Waals surface area contributed by atoms with E-state index in [1.165, 1.54) is 19.4 Å². The van der Waals surface area contributed by atoms with Crippen LogP contribution >= 0.6 is 0 Å². The van der Waals surface area contributed by atoms with Gasteiger partial charge in [0.1, 0.15) is 28.0 Å². The summed E-state index contributed by atoms with van der Waals surface area (Å²) in [5.74, 6) is -1.77. The molecule has 0 fully saturated rings. The zero-order valence-corrected chi connectivity index (χ0v) is 23.4. The molecule has 3 aromatic carbocycles. The number of methoxy groups -OCH3 is 1. The standard InChI is InChI=1S/C21H16F2N4O4S.C8H9NO/c1-11-25-17-5-3-12(7-15(17)20(28)26-11)13-8-18(21(31-2)24-10-13)27-32(29,30)19-6-4-14(22)9-16(19)23;1-9-8(10)7-5-3-2-4-6-7/h3-10,27H,1-2H3,(H,25,26,28);2-6H,1H3,(H,9,10). The van der Waals surface area contributed by atoms with Crippen LogP contribution in [0.25, 0.3) is 22.0 Å². The predicted octanol–water partition coefficient (Wildman–Crippen LogP) is 4.43. The lowest BCUT2D eigenvalue weighted by Gasteiger charge is -2.13. The number of hydrogen-bond donors (Lipinski definition) is 3. The molecule has 2 aromatic heterocycles. The predicted molar refractivity (Wildman–Crippen MR) is 154 cm³/mol. The van der Waals surface area contributed by atoms with Crippen LogP contribution in [-0.2, 0) is 10.0 Å². The zero-order valence-electron chi connectivity index (χ0n) is 22.6. The minimum Gasteiger partial charge on any atom is -0.480 e. The Bertz CT molecular complexity index is 1930. The molecule has 5 rings (SSSR count). The summed E-state index contributed by atoms with van der Waals surface area (Å²) < 4.78 is 59.9. The van der Waals surface area contributed by atoms with Crippen LogP contribution in [0.4, 0.5) is 14.5 Å². The van der Waals surface area contributed by atoms with Gasteiger partial charge >= 0.3 is 0 Å². The van der Waals surface area contributed by atoms with E-state index in [0.29, 0.717) is 39.5 Å². The van der Waals surface area contributed by atoms with Crippen molar-refractivity contribution in [3.8, 4) is 17.0 Å². The number of aromatic nitrogens is 3. The highest BCUT2D eigenvalue weighted by molar-refractivity contribution is 7.92. The molecule has 0 bridgehead atoms. The van der Waals surface area contributed by atoms with Crippen LogP contribution in [0.3, 0.4) is 0 Å². The van der Waals surface area contributed by atoms with Crippen molar-refractivity contribution < 1.29 is 26.7 Å². The Morgan fingerprint density at radius 1 is 0.976 bits per heavy atom. The van der Waals surface area contributed by atoms with Crippen molar-refractivity contribution in [1.29, 1.82) is 0 Å². The molecule has 0 saturated heterocycles. The molecule has 0 unspecified atom stereocenters. The van der Waals surface area contributed by atoms with Gasteiger partial charge in [-0.3, -0.25) is 14.3 Å². The van der Waals surface area contributed by atoms with Gasteiger partial charge in [0.2, 0.25) is 5.88 Å². The lowest BCUT2D eigenvalue weighted by Crippen LogP contribution is -2.17. The quantitative estimate of drug-likeness (QED) is 0.264. The number of sulfonamides is 1. The number of nitrogens with one attached hydrogen (secondary N) is 3. The topological polar surface area (TPSA) is 143 Å². The molecule has 0 spiro atoms. The summed E-state index contributed by atoms with van der Waals surface area (Å²) in [6.45, 7) is 1.67. The number of rotatable bonds is 6. The van der Waals surface area contributed by atoms with Crippen LogP contribution in [-0.4, -0.2) is 43.4 Å². The van der Waals surface area contributed by atoms with E-state index in [9.17, 15) is 26.8 Å². The van der Waals surface area contributed by atoms with Crippen molar-refractivity contribution in [2.75, 3.05) is 18.9 Å². The average Bonchev–Trinajstić information content (AvgIpc) is 2.97. The first-order valence-electron chi connectivity index (χ1n) is 12.3. The van der Waals surface area contributed by atoms with E-state index in [2.05, 4.69) is 25.0 Å². The highest BCUT2D eigenvalue weighted by atomic mass is 32.2. The number of ether oxygens (including phenoxy) is 1. The maximum atomic E-state index is 14.0. The van der Waals surface area contributed by atoms with Gasteiger partial charge in [-0.05, 0) is 55.0 Å². The Kier molecular flexibility index (Phi) is 8.91. The summed E-state index contributed by atoms with van der Waals surface area (Å²) in [6.07, 6.45) is 1.44. The van der Waals surface area contributed by atoms with Crippen molar-refractivity contribution >= 4 is 32.5 Å². The molecular weight excluding hydrogens is 568 g/mol. The SMILES string of the molecule is CNC(=O)c1ccccc1.COc1ncc(-c2ccc3nc(C)[nH]c(=O)c3c2)cc1NS(=O)(=O)c1ccc(F)cc1F. The van der Waals surface area contributed by atoms with Crippen LogP contribution in [0.5, 0.6) is 5.88 Å². The number of benzene rings is 3. The third-order valence-electron chi connectivity index (χ3n) is 5.89. The molecule has 2 heterocycles. The van der Waals surface area contributed by atoms with E-state index in [1.54, 1.807) is 44.3 Å². The van der Waals surface area contributed by atoms with Gasteiger partial charge in [-0.15, -0.1) is 0 Å². The number of anilines is 1. The van der Waals surface area contributed by atoms with Crippen LogP contribution in [0.1, 0.15) is 16.2 Å². The minimum atomic E-state index is -4.42. The van der Waals surface area contributed by atoms with E-state index in [-0.39, 0.29) is 23.0 Å². The number of nitrogens with zero attached hydrogens (tertiary/aromatic N) is 2. The molecular formula is C29H25F2N5O5S.